The highest BCUT2D eigenvalue weighted by molar-refractivity contribution is 7.89. The quantitative estimate of drug-likeness (QED) is 0.779. The Morgan fingerprint density at radius 3 is 2.52 bits per heavy atom. The molecule has 0 aliphatic carbocycles. The second-order valence-electron chi connectivity index (χ2n) is 7.21. The van der Waals surface area contributed by atoms with Crippen LogP contribution in [0.5, 0.6) is 11.5 Å². The van der Waals surface area contributed by atoms with Crippen LogP contribution in [0.25, 0.3) is 0 Å². The first-order valence-corrected chi connectivity index (χ1v) is 11.0. The third-order valence-electron chi connectivity index (χ3n) is 4.65. The van der Waals surface area contributed by atoms with Gasteiger partial charge in [0, 0.05) is 25.2 Å². The predicted molar refractivity (Wildman–Crippen MR) is 111 cm³/mol. The number of hydrogen-bond donors (Lipinski definition) is 1. The average Bonchev–Trinajstić information content (AvgIpc) is 2.92. The summed E-state index contributed by atoms with van der Waals surface area (Å²) in [5, 5.41) is 2.81. The number of para-hydroxylation sites is 1. The third-order valence-corrected chi connectivity index (χ3v) is 6.45. The minimum Gasteiger partial charge on any atom is -0.490 e. The lowest BCUT2D eigenvalue weighted by atomic mass is 10.0. The smallest absolute Gasteiger partial charge is 0.243 e. The van der Waals surface area contributed by atoms with E-state index < -0.39 is 15.9 Å². The van der Waals surface area contributed by atoms with Crippen LogP contribution in [-0.2, 0) is 14.8 Å². The van der Waals surface area contributed by atoms with Crippen molar-refractivity contribution in [2.75, 3.05) is 32.1 Å². The number of rotatable bonds is 6. The number of hydrogen-bond acceptors (Lipinski definition) is 5. The number of likely N-dealkylation sites (N-methyl/N-ethyl adjacent to an activating group) is 1. The highest BCUT2D eigenvalue weighted by Crippen LogP contribution is 2.32. The van der Waals surface area contributed by atoms with Gasteiger partial charge in [-0.25, -0.2) is 8.42 Å². The fourth-order valence-corrected chi connectivity index (χ4v) is 4.22. The molecule has 0 saturated heterocycles. The molecule has 29 heavy (non-hydrogen) atoms. The molecule has 0 radical (unpaired) electrons. The van der Waals surface area contributed by atoms with Crippen LogP contribution in [0.3, 0.4) is 0 Å². The number of ether oxygens (including phenoxy) is 2. The van der Waals surface area contributed by atoms with Crippen molar-refractivity contribution < 1.29 is 22.7 Å². The summed E-state index contributed by atoms with van der Waals surface area (Å²) in [5.41, 5.74) is 1.68. The molecule has 8 heteroatoms. The number of anilines is 1. The van der Waals surface area contributed by atoms with E-state index in [-0.39, 0.29) is 17.4 Å². The molecule has 2 aromatic rings. The standard InChI is InChI=1S/C21H26N2O5S/c1-15(2)17-7-4-5-8-18(17)22-21(24)14-23(3)29(25,26)16-9-10-19-20(13-16)28-12-6-11-27-19/h4-5,7-10,13,15H,6,11-12,14H2,1-3H3,(H,22,24). The van der Waals surface area contributed by atoms with E-state index in [1.54, 1.807) is 6.07 Å². The highest BCUT2D eigenvalue weighted by Gasteiger charge is 2.25. The Morgan fingerprint density at radius 2 is 1.79 bits per heavy atom. The Morgan fingerprint density at radius 1 is 1.10 bits per heavy atom. The first-order valence-electron chi connectivity index (χ1n) is 9.54. The molecule has 156 valence electrons. The summed E-state index contributed by atoms with van der Waals surface area (Å²) in [6, 6.07) is 12.0. The van der Waals surface area contributed by atoms with Gasteiger partial charge in [-0.2, -0.15) is 4.31 Å². The number of benzene rings is 2. The molecule has 0 bridgehead atoms. The number of sulfonamides is 1. The molecule has 1 aliphatic rings. The minimum atomic E-state index is -3.86. The minimum absolute atomic E-state index is 0.0552. The number of nitrogens with zero attached hydrogens (tertiary/aromatic N) is 1. The lowest BCUT2D eigenvalue weighted by Gasteiger charge is -2.19. The Bertz CT molecular complexity index is 988. The second kappa shape index (κ2) is 8.84. The number of nitrogens with one attached hydrogen (secondary N) is 1. The molecule has 0 fully saturated rings. The van der Waals surface area contributed by atoms with Gasteiger partial charge in [0.1, 0.15) is 0 Å². The fraction of sp³-hybridized carbons (Fsp3) is 0.381. The van der Waals surface area contributed by atoms with Gasteiger partial charge in [0.05, 0.1) is 24.7 Å². The van der Waals surface area contributed by atoms with Gasteiger partial charge in [0.15, 0.2) is 11.5 Å². The van der Waals surface area contributed by atoms with Gasteiger partial charge in [-0.15, -0.1) is 0 Å². The highest BCUT2D eigenvalue weighted by atomic mass is 32.2. The van der Waals surface area contributed by atoms with Crippen molar-refractivity contribution in [3.05, 3.63) is 48.0 Å². The zero-order chi connectivity index (χ0) is 21.0. The van der Waals surface area contributed by atoms with Crippen molar-refractivity contribution in [2.24, 2.45) is 0 Å². The van der Waals surface area contributed by atoms with Crippen molar-refractivity contribution in [1.29, 1.82) is 0 Å². The average molecular weight is 419 g/mol. The Balaban J connectivity index is 1.73. The molecule has 3 rings (SSSR count). The SMILES string of the molecule is CC(C)c1ccccc1NC(=O)CN(C)S(=O)(=O)c1ccc2c(c1)OCCCO2. The Hall–Kier alpha value is -2.58. The van der Waals surface area contributed by atoms with E-state index in [1.807, 2.05) is 38.1 Å². The molecule has 1 N–H and O–H groups in total. The van der Waals surface area contributed by atoms with Gasteiger partial charge in [-0.05, 0) is 29.7 Å². The van der Waals surface area contributed by atoms with Crippen molar-refractivity contribution in [2.45, 2.75) is 31.1 Å². The second-order valence-corrected chi connectivity index (χ2v) is 9.26. The van der Waals surface area contributed by atoms with Gasteiger partial charge in [0.2, 0.25) is 15.9 Å². The van der Waals surface area contributed by atoms with E-state index in [9.17, 15) is 13.2 Å². The molecule has 0 aromatic heterocycles. The summed E-state index contributed by atoms with van der Waals surface area (Å²) < 4.78 is 38.0. The predicted octanol–water partition coefficient (Wildman–Crippen LogP) is 3.23. The van der Waals surface area contributed by atoms with E-state index in [0.717, 1.165) is 16.3 Å². The van der Waals surface area contributed by atoms with E-state index in [4.69, 9.17) is 9.47 Å². The van der Waals surface area contributed by atoms with E-state index in [1.165, 1.54) is 19.2 Å². The van der Waals surface area contributed by atoms with Gasteiger partial charge in [-0.1, -0.05) is 32.0 Å². The maximum Gasteiger partial charge on any atom is 0.243 e. The molecule has 0 spiro atoms. The van der Waals surface area contributed by atoms with Crippen molar-refractivity contribution in [1.82, 2.24) is 4.31 Å². The van der Waals surface area contributed by atoms with Crippen LogP contribution < -0.4 is 14.8 Å². The molecule has 0 atom stereocenters. The third kappa shape index (κ3) is 4.89. The maximum absolute atomic E-state index is 12.9. The molecular weight excluding hydrogens is 392 g/mol. The summed E-state index contributed by atoms with van der Waals surface area (Å²) in [5.74, 6) is 0.743. The van der Waals surface area contributed by atoms with Crippen molar-refractivity contribution in [3.8, 4) is 11.5 Å². The summed E-state index contributed by atoms with van der Waals surface area (Å²) in [6.45, 7) is 4.75. The molecular formula is C21H26N2O5S. The van der Waals surface area contributed by atoms with Gasteiger partial charge < -0.3 is 14.8 Å². The van der Waals surface area contributed by atoms with Crippen LogP contribution in [0, 0.1) is 0 Å². The van der Waals surface area contributed by atoms with E-state index >= 15 is 0 Å². The zero-order valence-electron chi connectivity index (χ0n) is 16.8. The number of fused-ring (bicyclic) bond motifs is 1. The van der Waals surface area contributed by atoms with Crippen LogP contribution in [0.4, 0.5) is 5.69 Å². The molecule has 2 aromatic carbocycles. The van der Waals surface area contributed by atoms with Gasteiger partial charge in [0.25, 0.3) is 0 Å². The first-order chi connectivity index (χ1) is 13.8. The monoisotopic (exact) mass is 418 g/mol. The summed E-state index contributed by atoms with van der Waals surface area (Å²) in [6.07, 6.45) is 0.731. The number of carbonyl (C=O) groups is 1. The van der Waals surface area contributed by atoms with Crippen LogP contribution in [0.2, 0.25) is 0 Å². The van der Waals surface area contributed by atoms with Crippen LogP contribution in [0.15, 0.2) is 47.4 Å². The number of carbonyl (C=O) groups excluding carboxylic acids is 1. The van der Waals surface area contributed by atoms with Crippen LogP contribution in [-0.4, -0.2) is 45.4 Å². The Labute approximate surface area is 171 Å². The largest absolute Gasteiger partial charge is 0.490 e. The molecule has 0 saturated carbocycles. The lowest BCUT2D eigenvalue weighted by molar-refractivity contribution is -0.116. The topological polar surface area (TPSA) is 84.9 Å². The fourth-order valence-electron chi connectivity index (χ4n) is 3.08. The summed E-state index contributed by atoms with van der Waals surface area (Å²) >= 11 is 0. The van der Waals surface area contributed by atoms with Crippen molar-refractivity contribution in [3.63, 3.8) is 0 Å². The van der Waals surface area contributed by atoms with E-state index in [2.05, 4.69) is 5.32 Å². The first kappa shape index (κ1) is 21.1. The molecule has 1 aliphatic heterocycles. The molecule has 0 unspecified atom stereocenters. The lowest BCUT2D eigenvalue weighted by Crippen LogP contribution is -2.35. The maximum atomic E-state index is 12.9. The molecule has 1 amide bonds. The molecule has 7 nitrogen and oxygen atoms in total. The van der Waals surface area contributed by atoms with Crippen molar-refractivity contribution >= 4 is 21.6 Å². The zero-order valence-corrected chi connectivity index (χ0v) is 17.7. The number of amides is 1. The van der Waals surface area contributed by atoms with Gasteiger partial charge >= 0.3 is 0 Å². The molecule has 1 heterocycles. The van der Waals surface area contributed by atoms with Gasteiger partial charge in [-0.3, -0.25) is 4.79 Å². The van der Waals surface area contributed by atoms with E-state index in [0.29, 0.717) is 30.4 Å². The normalized spacial score (nSPS) is 14.0. The van der Waals surface area contributed by atoms with Crippen LogP contribution in [0.1, 0.15) is 31.7 Å². The summed E-state index contributed by atoms with van der Waals surface area (Å²) in [4.78, 5) is 12.5. The Kier molecular flexibility index (Phi) is 6.44. The van der Waals surface area contributed by atoms with Crippen LogP contribution >= 0.6 is 0 Å². The summed E-state index contributed by atoms with van der Waals surface area (Å²) in [7, 11) is -2.48.